The van der Waals surface area contributed by atoms with Crippen molar-refractivity contribution in [3.05, 3.63) is 122 Å². The highest BCUT2D eigenvalue weighted by molar-refractivity contribution is 7.47. The zero-order chi connectivity index (χ0) is 51.9. The number of unbranched alkanes of at least 4 members (excludes halogenated alkanes) is 4. The molecular weight excluding hydrogens is 946 g/mol. The molecular formula is C51H80O17P2. The highest BCUT2D eigenvalue weighted by Crippen LogP contribution is 2.49. The van der Waals surface area contributed by atoms with Crippen LogP contribution >= 0.6 is 15.6 Å². The molecule has 0 amide bonds. The Morgan fingerprint density at radius 1 is 0.543 bits per heavy atom. The summed E-state index contributed by atoms with van der Waals surface area (Å²) in [6.45, 7) is 2.75. The molecule has 396 valence electrons. The second-order valence-electron chi connectivity index (χ2n) is 16.3. The molecule has 9 atom stereocenters. The number of aliphatic hydroxyl groups excluding tert-OH is 5. The lowest BCUT2D eigenvalue weighted by atomic mass is 9.85. The van der Waals surface area contributed by atoms with Gasteiger partial charge in [0, 0.05) is 12.8 Å². The maximum Gasteiger partial charge on any atom is 0.472 e. The van der Waals surface area contributed by atoms with Gasteiger partial charge in [0.25, 0.3) is 0 Å². The van der Waals surface area contributed by atoms with Crippen LogP contribution in [0.2, 0.25) is 0 Å². The molecule has 0 aromatic rings. The summed E-state index contributed by atoms with van der Waals surface area (Å²) in [5.74, 6) is -1.40. The van der Waals surface area contributed by atoms with Crippen molar-refractivity contribution in [2.75, 3.05) is 13.2 Å². The largest absolute Gasteiger partial charge is 0.472 e. The molecule has 0 saturated heterocycles. The van der Waals surface area contributed by atoms with Gasteiger partial charge in [0.05, 0.1) is 12.7 Å². The average molecular weight is 1030 g/mol. The lowest BCUT2D eigenvalue weighted by Crippen LogP contribution is -2.64. The van der Waals surface area contributed by atoms with Gasteiger partial charge in [-0.2, -0.15) is 0 Å². The van der Waals surface area contributed by atoms with Crippen molar-refractivity contribution in [1.29, 1.82) is 0 Å². The smallest absolute Gasteiger partial charge is 0.462 e. The molecule has 0 spiro atoms. The minimum Gasteiger partial charge on any atom is -0.462 e. The van der Waals surface area contributed by atoms with Crippen LogP contribution in [0, 0.1) is 0 Å². The van der Waals surface area contributed by atoms with Gasteiger partial charge in [-0.05, 0) is 83.5 Å². The first-order chi connectivity index (χ1) is 33.5. The molecule has 0 heterocycles. The Bertz CT molecular complexity index is 1830. The van der Waals surface area contributed by atoms with Crippen LogP contribution in [-0.4, -0.2) is 114 Å². The van der Waals surface area contributed by atoms with E-state index in [-0.39, 0.29) is 19.3 Å². The van der Waals surface area contributed by atoms with Gasteiger partial charge in [-0.3, -0.25) is 23.2 Å². The summed E-state index contributed by atoms with van der Waals surface area (Å²) in [5.41, 5.74) is 0. The number of carbonyl (C=O) groups is 2. The number of esters is 2. The zero-order valence-corrected chi connectivity index (χ0v) is 42.5. The molecule has 1 aliphatic carbocycles. The number of rotatable bonds is 38. The van der Waals surface area contributed by atoms with Crippen LogP contribution in [0.1, 0.15) is 123 Å². The second kappa shape index (κ2) is 39.9. The Morgan fingerprint density at radius 2 is 1.06 bits per heavy atom. The van der Waals surface area contributed by atoms with Crippen LogP contribution in [-0.2, 0) is 41.8 Å². The van der Waals surface area contributed by atoms with Crippen LogP contribution in [0.3, 0.4) is 0 Å². The van der Waals surface area contributed by atoms with E-state index in [1.54, 1.807) is 12.2 Å². The molecule has 0 aliphatic heterocycles. The van der Waals surface area contributed by atoms with Gasteiger partial charge in [-0.15, -0.1) is 0 Å². The fourth-order valence-electron chi connectivity index (χ4n) is 6.36. The maximum absolute atomic E-state index is 13.0. The number of hydrogen-bond donors (Lipinski definition) is 8. The number of phosphoric ester groups is 2. The monoisotopic (exact) mass is 1030 g/mol. The SMILES string of the molecule is CC/C=C\CC(O)/C=C/C=C/C/C=C\C/C=C\C/C=C\CCC(=O)O[C@H](COC(=O)CCC/C=C\C/C=C\C/C=C\C/C=C\CCCCC)COP(=O)(O)O[C@H]1C(O)C(O)C(O)[C@@H](OP(=O)(O)O)C1O. The summed E-state index contributed by atoms with van der Waals surface area (Å²) < 4.78 is 49.2. The Balaban J connectivity index is 2.70. The van der Waals surface area contributed by atoms with Crippen molar-refractivity contribution in [2.24, 2.45) is 0 Å². The fourth-order valence-corrected chi connectivity index (χ4v) is 7.90. The first-order valence-corrected chi connectivity index (χ1v) is 27.2. The van der Waals surface area contributed by atoms with Crippen LogP contribution in [0.25, 0.3) is 0 Å². The van der Waals surface area contributed by atoms with E-state index in [0.29, 0.717) is 25.7 Å². The molecule has 6 unspecified atom stereocenters. The van der Waals surface area contributed by atoms with Crippen LogP contribution in [0.4, 0.5) is 0 Å². The highest BCUT2D eigenvalue weighted by Gasteiger charge is 2.54. The van der Waals surface area contributed by atoms with Crippen LogP contribution in [0.15, 0.2) is 122 Å². The van der Waals surface area contributed by atoms with E-state index < -0.39 is 89.6 Å². The van der Waals surface area contributed by atoms with Gasteiger partial charge in [-0.1, -0.05) is 148 Å². The summed E-state index contributed by atoms with van der Waals surface area (Å²) >= 11 is 0. The zero-order valence-electron chi connectivity index (χ0n) is 40.7. The molecule has 0 bridgehead atoms. The lowest BCUT2D eigenvalue weighted by molar-refractivity contribution is -0.216. The average Bonchev–Trinajstić information content (AvgIpc) is 3.31. The second-order valence-corrected chi connectivity index (χ2v) is 18.9. The third kappa shape index (κ3) is 33.9. The summed E-state index contributed by atoms with van der Waals surface area (Å²) in [5, 5.41) is 51.1. The molecule has 1 saturated carbocycles. The van der Waals surface area contributed by atoms with Crippen molar-refractivity contribution in [1.82, 2.24) is 0 Å². The minimum absolute atomic E-state index is 0.0135. The van der Waals surface area contributed by atoms with Crippen molar-refractivity contribution >= 4 is 27.6 Å². The Kier molecular flexibility index (Phi) is 36.7. The van der Waals surface area contributed by atoms with E-state index >= 15 is 0 Å². The van der Waals surface area contributed by atoms with E-state index in [1.165, 1.54) is 19.3 Å². The maximum atomic E-state index is 13.0. The number of phosphoric acid groups is 2. The molecule has 70 heavy (non-hydrogen) atoms. The van der Waals surface area contributed by atoms with Gasteiger partial charge in [0.15, 0.2) is 6.10 Å². The summed E-state index contributed by atoms with van der Waals surface area (Å²) in [4.78, 5) is 54.3. The molecule has 1 rings (SSSR count). The molecule has 19 heteroatoms. The number of allylic oxidation sites excluding steroid dienone is 18. The van der Waals surface area contributed by atoms with Gasteiger partial charge in [-0.25, -0.2) is 9.13 Å². The molecule has 0 aromatic carbocycles. The topological polar surface area (TPSA) is 276 Å². The van der Waals surface area contributed by atoms with Crippen molar-refractivity contribution < 1.29 is 82.0 Å². The van der Waals surface area contributed by atoms with Crippen LogP contribution in [0.5, 0.6) is 0 Å². The van der Waals surface area contributed by atoms with E-state index in [1.807, 2.05) is 79.8 Å². The normalized spacial score (nSPS) is 22.5. The summed E-state index contributed by atoms with van der Waals surface area (Å²) in [6.07, 6.45) is 36.4. The van der Waals surface area contributed by atoms with Gasteiger partial charge >= 0.3 is 27.6 Å². The van der Waals surface area contributed by atoms with E-state index in [0.717, 1.165) is 44.9 Å². The number of ether oxygens (including phenoxy) is 2. The summed E-state index contributed by atoms with van der Waals surface area (Å²) in [7, 11) is -10.8. The molecule has 1 fully saturated rings. The predicted octanol–water partition coefficient (Wildman–Crippen LogP) is 8.47. The molecule has 1 aliphatic rings. The predicted molar refractivity (Wildman–Crippen MR) is 270 cm³/mol. The third-order valence-electron chi connectivity index (χ3n) is 10.1. The minimum atomic E-state index is -5.39. The van der Waals surface area contributed by atoms with E-state index in [9.17, 15) is 58.9 Å². The van der Waals surface area contributed by atoms with E-state index in [4.69, 9.17) is 18.5 Å². The molecule has 17 nitrogen and oxygen atoms in total. The van der Waals surface area contributed by atoms with Crippen molar-refractivity contribution in [3.8, 4) is 0 Å². The first-order valence-electron chi connectivity index (χ1n) is 24.2. The Morgan fingerprint density at radius 3 is 1.60 bits per heavy atom. The van der Waals surface area contributed by atoms with Crippen LogP contribution < -0.4 is 0 Å². The number of carbonyl (C=O) groups excluding carboxylic acids is 2. The molecule has 0 aromatic heterocycles. The Labute approximate surface area is 414 Å². The van der Waals surface area contributed by atoms with Gasteiger partial charge in [0.2, 0.25) is 0 Å². The van der Waals surface area contributed by atoms with E-state index in [2.05, 4.69) is 47.9 Å². The van der Waals surface area contributed by atoms with Gasteiger partial charge < -0.3 is 49.7 Å². The molecule has 8 N–H and O–H groups in total. The van der Waals surface area contributed by atoms with Crippen molar-refractivity contribution in [2.45, 2.75) is 172 Å². The quantitative estimate of drug-likeness (QED) is 0.00946. The standard InChI is InChI=1S/C51H80O17P2/c1-3-5-7-8-9-10-11-12-13-14-15-18-21-24-27-30-34-38-44(53)64-40-43(41-65-70(62,63)68-51-48(57)46(55)47(56)50(49(51)58)67-69(59,60)61)66-45(54)39-35-31-28-25-22-19-16-17-20-23-26-29-33-37-42(52)36-32-6-4-2/h6,9-10,12-13,15,17-20,22,24,26-29,31-33,37,42-43,46-52,55-58H,3-5,7-8,11,14,16,21,23,25,30,34-36,38-41H2,1-2H3,(H,62,63)(H2,59,60,61)/b10-9-,13-12-,18-15-,20-17-,22-19-,27-24-,29-26+,31-28-,32-6-,37-33+/t42?,43-,46?,47?,48?,49?,50-,51+/m1/s1. The number of aliphatic hydroxyl groups is 5. The Hall–Kier alpha value is -3.64. The lowest BCUT2D eigenvalue weighted by Gasteiger charge is -2.43. The molecule has 0 radical (unpaired) electrons. The highest BCUT2D eigenvalue weighted by atomic mass is 31.2. The van der Waals surface area contributed by atoms with Crippen molar-refractivity contribution in [3.63, 3.8) is 0 Å². The summed E-state index contributed by atoms with van der Waals surface area (Å²) in [6, 6.07) is 0. The number of hydrogen-bond acceptors (Lipinski definition) is 14. The first kappa shape index (κ1) is 64.4. The fraction of sp³-hybridized carbons (Fsp3) is 0.569. The third-order valence-corrected chi connectivity index (χ3v) is 11.6. The van der Waals surface area contributed by atoms with Gasteiger partial charge in [0.1, 0.15) is 43.2 Å².